The molecule has 0 unspecified atom stereocenters. The fourth-order valence-electron chi connectivity index (χ4n) is 3.61. The van der Waals surface area contributed by atoms with E-state index >= 15 is 0 Å². The Bertz CT molecular complexity index is 1410. The van der Waals surface area contributed by atoms with Crippen LogP contribution in [0.25, 0.3) is 16.7 Å². The third-order valence-electron chi connectivity index (χ3n) is 5.06. The van der Waals surface area contributed by atoms with E-state index in [2.05, 4.69) is 10.4 Å². The average Bonchev–Trinajstić information content (AvgIpc) is 3.11. The second-order valence-corrected chi connectivity index (χ2v) is 7.20. The fraction of sp³-hybridized carbons (Fsp3) is 0.273. The maximum absolute atomic E-state index is 13.1. The SMILES string of the molecule is CCCn1c(=O)c2ccccc2n2c(=O)n(CC(=O)Nc3cc(OC)cc(OC)c3)nc12. The van der Waals surface area contributed by atoms with Crippen LogP contribution in [0, 0.1) is 0 Å². The molecule has 0 aliphatic heterocycles. The molecule has 0 radical (unpaired) electrons. The van der Waals surface area contributed by atoms with Crippen LogP contribution in [0.15, 0.2) is 52.1 Å². The van der Waals surface area contributed by atoms with E-state index in [0.717, 1.165) is 4.68 Å². The molecule has 4 aromatic rings. The molecule has 0 saturated heterocycles. The van der Waals surface area contributed by atoms with Crippen molar-refractivity contribution in [3.8, 4) is 11.5 Å². The minimum absolute atomic E-state index is 0.205. The summed E-state index contributed by atoms with van der Waals surface area (Å²) in [5.41, 5.74) is 0.185. The molecule has 10 nitrogen and oxygen atoms in total. The van der Waals surface area contributed by atoms with Crippen molar-refractivity contribution in [3.63, 3.8) is 0 Å². The third kappa shape index (κ3) is 3.70. The van der Waals surface area contributed by atoms with E-state index in [1.807, 2.05) is 6.92 Å². The lowest BCUT2D eigenvalue weighted by atomic mass is 10.2. The number of carbonyl (C=O) groups is 1. The number of nitrogens with one attached hydrogen (secondary N) is 1. The van der Waals surface area contributed by atoms with Crippen molar-refractivity contribution in [2.75, 3.05) is 19.5 Å². The van der Waals surface area contributed by atoms with Crippen LogP contribution >= 0.6 is 0 Å². The molecule has 0 bridgehead atoms. The quantitative estimate of drug-likeness (QED) is 0.473. The van der Waals surface area contributed by atoms with E-state index in [0.29, 0.717) is 41.1 Å². The van der Waals surface area contributed by atoms with E-state index in [1.54, 1.807) is 42.5 Å². The molecule has 2 heterocycles. The fourth-order valence-corrected chi connectivity index (χ4v) is 3.61. The van der Waals surface area contributed by atoms with Gasteiger partial charge in [0.15, 0.2) is 0 Å². The summed E-state index contributed by atoms with van der Waals surface area (Å²) >= 11 is 0. The molecule has 10 heteroatoms. The number of hydrogen-bond donors (Lipinski definition) is 1. The van der Waals surface area contributed by atoms with Gasteiger partial charge >= 0.3 is 5.69 Å². The summed E-state index contributed by atoms with van der Waals surface area (Å²) in [6, 6.07) is 11.8. The van der Waals surface area contributed by atoms with Crippen LogP contribution < -0.4 is 26.0 Å². The third-order valence-corrected chi connectivity index (χ3v) is 5.06. The lowest BCUT2D eigenvalue weighted by molar-refractivity contribution is -0.117. The molecular weight excluding hydrogens is 414 g/mol. The predicted molar refractivity (Wildman–Crippen MR) is 120 cm³/mol. The maximum atomic E-state index is 13.1. The van der Waals surface area contributed by atoms with Crippen LogP contribution in [-0.2, 0) is 17.9 Å². The highest BCUT2D eigenvalue weighted by Crippen LogP contribution is 2.25. The van der Waals surface area contributed by atoms with Gasteiger partial charge in [-0.05, 0) is 18.6 Å². The maximum Gasteiger partial charge on any atom is 0.352 e. The number of carbonyl (C=O) groups excluding carboxylic acids is 1. The van der Waals surface area contributed by atoms with Gasteiger partial charge in [-0.3, -0.25) is 14.2 Å². The van der Waals surface area contributed by atoms with Gasteiger partial charge in [-0.15, -0.1) is 5.10 Å². The van der Waals surface area contributed by atoms with Gasteiger partial charge in [-0.1, -0.05) is 19.1 Å². The number of aromatic nitrogens is 4. The first-order valence-electron chi connectivity index (χ1n) is 10.1. The molecule has 2 aromatic carbocycles. The van der Waals surface area contributed by atoms with E-state index in [9.17, 15) is 14.4 Å². The number of anilines is 1. The molecule has 0 atom stereocenters. The summed E-state index contributed by atoms with van der Waals surface area (Å²) in [6.45, 7) is 2.01. The molecule has 32 heavy (non-hydrogen) atoms. The highest BCUT2D eigenvalue weighted by Gasteiger charge is 2.18. The first kappa shape index (κ1) is 21.2. The highest BCUT2D eigenvalue weighted by molar-refractivity contribution is 5.91. The summed E-state index contributed by atoms with van der Waals surface area (Å²) in [7, 11) is 3.02. The van der Waals surface area contributed by atoms with E-state index in [-0.39, 0.29) is 17.9 Å². The van der Waals surface area contributed by atoms with Crippen LogP contribution in [0.1, 0.15) is 13.3 Å². The largest absolute Gasteiger partial charge is 0.497 e. The van der Waals surface area contributed by atoms with Crippen LogP contribution in [0.5, 0.6) is 11.5 Å². The Labute approximate surface area is 182 Å². The first-order chi connectivity index (χ1) is 15.5. The Morgan fingerprint density at radius 3 is 2.41 bits per heavy atom. The van der Waals surface area contributed by atoms with Crippen LogP contribution in [-0.4, -0.2) is 38.9 Å². The highest BCUT2D eigenvalue weighted by atomic mass is 16.5. The number of amides is 1. The standard InChI is InChI=1S/C22H23N5O5/c1-4-9-25-20(29)17-7-5-6-8-18(17)27-21(25)24-26(22(27)30)13-19(28)23-14-10-15(31-2)12-16(11-14)32-3/h5-8,10-12H,4,9,13H2,1-3H3,(H,23,28). The lowest BCUT2D eigenvalue weighted by Gasteiger charge is -2.09. The Balaban J connectivity index is 1.74. The van der Waals surface area contributed by atoms with Crippen molar-refractivity contribution in [2.24, 2.45) is 0 Å². The predicted octanol–water partition coefficient (Wildman–Crippen LogP) is 1.88. The topological polar surface area (TPSA) is 109 Å². The monoisotopic (exact) mass is 437 g/mol. The van der Waals surface area contributed by atoms with Gasteiger partial charge < -0.3 is 14.8 Å². The van der Waals surface area contributed by atoms with Crippen molar-refractivity contribution in [2.45, 2.75) is 26.4 Å². The number of fused-ring (bicyclic) bond motifs is 3. The number of para-hydroxylation sites is 1. The van der Waals surface area contributed by atoms with Gasteiger partial charge in [-0.25, -0.2) is 13.9 Å². The number of aryl methyl sites for hydroxylation is 1. The Morgan fingerprint density at radius 1 is 1.06 bits per heavy atom. The van der Waals surface area contributed by atoms with E-state index in [1.165, 1.54) is 23.2 Å². The molecule has 1 N–H and O–H groups in total. The number of benzene rings is 2. The molecule has 0 saturated carbocycles. The van der Waals surface area contributed by atoms with Gasteiger partial charge in [0.05, 0.1) is 25.1 Å². The summed E-state index contributed by atoms with van der Waals surface area (Å²) < 4.78 is 14.3. The van der Waals surface area contributed by atoms with Crippen LogP contribution in [0.4, 0.5) is 5.69 Å². The van der Waals surface area contributed by atoms with Gasteiger partial charge in [0.2, 0.25) is 11.7 Å². The zero-order valence-corrected chi connectivity index (χ0v) is 18.0. The number of ether oxygens (including phenoxy) is 2. The van der Waals surface area contributed by atoms with Crippen molar-refractivity contribution >= 4 is 28.3 Å². The number of rotatable bonds is 7. The van der Waals surface area contributed by atoms with Crippen molar-refractivity contribution in [1.82, 2.24) is 18.7 Å². The molecular formula is C22H23N5O5. The Hall–Kier alpha value is -4.08. The molecule has 0 spiro atoms. The first-order valence-corrected chi connectivity index (χ1v) is 10.1. The molecule has 166 valence electrons. The molecule has 1 amide bonds. The van der Waals surface area contributed by atoms with Gasteiger partial charge in [0.25, 0.3) is 5.56 Å². The zero-order chi connectivity index (χ0) is 22.8. The van der Waals surface area contributed by atoms with Gasteiger partial charge in [-0.2, -0.15) is 0 Å². The molecule has 0 fully saturated rings. The number of methoxy groups -OCH3 is 2. The summed E-state index contributed by atoms with van der Waals surface area (Å²) in [4.78, 5) is 38.7. The van der Waals surface area contributed by atoms with Crippen LogP contribution in [0.3, 0.4) is 0 Å². The van der Waals surface area contributed by atoms with Crippen LogP contribution in [0.2, 0.25) is 0 Å². The second kappa shape index (κ2) is 8.58. The minimum Gasteiger partial charge on any atom is -0.497 e. The van der Waals surface area contributed by atoms with Gasteiger partial charge in [0, 0.05) is 30.4 Å². The van der Waals surface area contributed by atoms with Crippen molar-refractivity contribution in [1.29, 1.82) is 0 Å². The molecule has 4 rings (SSSR count). The number of nitrogens with zero attached hydrogens (tertiary/aromatic N) is 4. The minimum atomic E-state index is -0.501. The summed E-state index contributed by atoms with van der Waals surface area (Å²) in [6.07, 6.45) is 0.688. The van der Waals surface area contributed by atoms with E-state index in [4.69, 9.17) is 9.47 Å². The average molecular weight is 437 g/mol. The molecule has 2 aromatic heterocycles. The second-order valence-electron chi connectivity index (χ2n) is 7.20. The van der Waals surface area contributed by atoms with E-state index < -0.39 is 11.6 Å². The summed E-state index contributed by atoms with van der Waals surface area (Å²) in [5.74, 6) is 0.773. The molecule has 0 aliphatic rings. The smallest absolute Gasteiger partial charge is 0.352 e. The number of hydrogen-bond acceptors (Lipinski definition) is 6. The normalized spacial score (nSPS) is 11.1. The summed E-state index contributed by atoms with van der Waals surface area (Å²) in [5, 5.41) is 7.45. The van der Waals surface area contributed by atoms with Gasteiger partial charge in [0.1, 0.15) is 18.0 Å². The van der Waals surface area contributed by atoms with Crippen molar-refractivity contribution < 1.29 is 14.3 Å². The Kier molecular flexibility index (Phi) is 5.67. The zero-order valence-electron chi connectivity index (χ0n) is 18.0. The van der Waals surface area contributed by atoms with Crippen molar-refractivity contribution in [3.05, 3.63) is 63.3 Å². The Morgan fingerprint density at radius 2 is 1.75 bits per heavy atom. The molecule has 0 aliphatic carbocycles. The lowest BCUT2D eigenvalue weighted by Crippen LogP contribution is -2.29.